The molecular formula is C25H28ClN3O5S2. The zero-order chi connectivity index (χ0) is 26.0. The molecule has 1 aliphatic heterocycles. The number of ether oxygens (including phenoxy) is 1. The molecular weight excluding hydrogens is 522 g/mol. The first-order valence-corrected chi connectivity index (χ1v) is 14.4. The van der Waals surface area contributed by atoms with Crippen molar-refractivity contribution in [3.8, 4) is 0 Å². The summed E-state index contributed by atoms with van der Waals surface area (Å²) in [6.07, 6.45) is 1.00. The lowest BCUT2D eigenvalue weighted by Crippen LogP contribution is -2.42. The monoisotopic (exact) mass is 549 g/mol. The van der Waals surface area contributed by atoms with Gasteiger partial charge in [-0.2, -0.15) is 9.30 Å². The van der Waals surface area contributed by atoms with Crippen LogP contribution in [0.2, 0.25) is 5.02 Å². The number of hydrogen-bond acceptors (Lipinski definition) is 6. The van der Waals surface area contributed by atoms with E-state index >= 15 is 0 Å². The molecule has 0 bridgehead atoms. The molecule has 36 heavy (non-hydrogen) atoms. The van der Waals surface area contributed by atoms with E-state index in [0.29, 0.717) is 40.3 Å². The highest BCUT2D eigenvalue weighted by molar-refractivity contribution is 7.89. The summed E-state index contributed by atoms with van der Waals surface area (Å²) in [5.41, 5.74) is 0.947. The predicted molar refractivity (Wildman–Crippen MR) is 139 cm³/mol. The van der Waals surface area contributed by atoms with E-state index in [0.717, 1.165) is 11.1 Å². The third-order valence-electron chi connectivity index (χ3n) is 6.01. The molecule has 0 saturated carbocycles. The summed E-state index contributed by atoms with van der Waals surface area (Å²) in [6.45, 7) is 6.93. The molecule has 2 aromatic carbocycles. The molecule has 3 aromatic rings. The van der Waals surface area contributed by atoms with Gasteiger partial charge in [0.15, 0.2) is 4.80 Å². The molecule has 4 rings (SSSR count). The van der Waals surface area contributed by atoms with Crippen molar-refractivity contribution in [2.75, 3.05) is 19.7 Å². The Labute approximate surface area is 219 Å². The Bertz CT molecular complexity index is 1450. The van der Waals surface area contributed by atoms with Crippen LogP contribution in [0.25, 0.3) is 10.2 Å². The number of benzene rings is 2. The van der Waals surface area contributed by atoms with E-state index in [2.05, 4.69) is 18.8 Å². The predicted octanol–water partition coefficient (Wildman–Crippen LogP) is 4.33. The van der Waals surface area contributed by atoms with Gasteiger partial charge in [0.1, 0.15) is 6.54 Å². The van der Waals surface area contributed by atoms with Crippen LogP contribution >= 0.6 is 22.9 Å². The molecule has 8 nitrogen and oxygen atoms in total. The van der Waals surface area contributed by atoms with E-state index in [4.69, 9.17) is 16.3 Å². The number of hydrogen-bond donors (Lipinski definition) is 0. The van der Waals surface area contributed by atoms with E-state index in [9.17, 15) is 18.0 Å². The van der Waals surface area contributed by atoms with Crippen LogP contribution in [-0.2, 0) is 26.1 Å². The first-order valence-electron chi connectivity index (χ1n) is 11.7. The molecule has 0 spiro atoms. The molecule has 1 saturated heterocycles. The van der Waals surface area contributed by atoms with Crippen molar-refractivity contribution < 1.29 is 22.7 Å². The van der Waals surface area contributed by atoms with Crippen molar-refractivity contribution in [2.45, 2.75) is 38.6 Å². The maximum Gasteiger partial charge on any atom is 0.326 e. The highest BCUT2D eigenvalue weighted by atomic mass is 35.5. The molecule has 1 aromatic heterocycles. The molecule has 11 heteroatoms. The first-order chi connectivity index (χ1) is 17.1. The minimum atomic E-state index is -3.65. The van der Waals surface area contributed by atoms with Crippen LogP contribution < -0.4 is 4.80 Å². The summed E-state index contributed by atoms with van der Waals surface area (Å²) in [5, 5.41) is 0.527. The second kappa shape index (κ2) is 10.8. The Morgan fingerprint density at radius 3 is 2.42 bits per heavy atom. The first kappa shape index (κ1) is 26.5. The fraction of sp³-hybridized carbons (Fsp3) is 0.400. The molecule has 2 unspecified atom stereocenters. The lowest BCUT2D eigenvalue weighted by atomic mass is 9.94. The number of carbonyl (C=O) groups excluding carboxylic acids is 2. The van der Waals surface area contributed by atoms with Gasteiger partial charge in [-0.25, -0.2) is 8.42 Å². The Balaban J connectivity index is 1.64. The van der Waals surface area contributed by atoms with Crippen molar-refractivity contribution in [2.24, 2.45) is 16.8 Å². The Morgan fingerprint density at radius 1 is 1.11 bits per heavy atom. The summed E-state index contributed by atoms with van der Waals surface area (Å²) < 4.78 is 35.3. The lowest BCUT2D eigenvalue weighted by molar-refractivity contribution is -0.143. The molecule has 2 atom stereocenters. The molecule has 2 heterocycles. The van der Waals surface area contributed by atoms with Gasteiger partial charge in [-0.15, -0.1) is 0 Å². The number of aromatic nitrogens is 1. The van der Waals surface area contributed by atoms with Crippen LogP contribution in [0.3, 0.4) is 0 Å². The largest absolute Gasteiger partial charge is 0.465 e. The van der Waals surface area contributed by atoms with Crippen LogP contribution in [-0.4, -0.2) is 48.9 Å². The van der Waals surface area contributed by atoms with Gasteiger partial charge in [0.2, 0.25) is 10.0 Å². The van der Waals surface area contributed by atoms with E-state index in [1.54, 1.807) is 29.7 Å². The highest BCUT2D eigenvalue weighted by Gasteiger charge is 2.31. The molecule has 1 fully saturated rings. The molecule has 0 aliphatic carbocycles. The van der Waals surface area contributed by atoms with Gasteiger partial charge >= 0.3 is 5.97 Å². The fourth-order valence-corrected chi connectivity index (χ4v) is 7.48. The molecule has 1 aliphatic rings. The summed E-state index contributed by atoms with van der Waals surface area (Å²) in [6, 6.07) is 11.0. The standard InChI is InChI=1S/C25H28ClN3O5S2/c1-4-34-23(30)15-29-21-10-7-19(26)12-22(21)35-25(29)27-24(31)18-5-8-20(9-6-18)36(32,33)28-13-16(2)11-17(3)14-28/h5-10,12,16-17H,4,11,13-15H2,1-3H3. The molecule has 192 valence electrons. The minimum absolute atomic E-state index is 0.106. The Kier molecular flexibility index (Phi) is 7.99. The van der Waals surface area contributed by atoms with Crippen molar-refractivity contribution in [3.05, 3.63) is 57.9 Å². The Hall–Kier alpha value is -2.53. The van der Waals surface area contributed by atoms with Crippen LogP contribution in [0.4, 0.5) is 0 Å². The van der Waals surface area contributed by atoms with Crippen LogP contribution in [0.15, 0.2) is 52.4 Å². The second-order valence-corrected chi connectivity index (χ2v) is 12.5. The molecule has 0 radical (unpaired) electrons. The van der Waals surface area contributed by atoms with E-state index in [1.807, 2.05) is 0 Å². The number of fused-ring (bicyclic) bond motifs is 1. The van der Waals surface area contributed by atoms with Crippen LogP contribution in [0.1, 0.15) is 37.6 Å². The number of rotatable bonds is 6. The normalized spacial score (nSPS) is 19.5. The summed E-state index contributed by atoms with van der Waals surface area (Å²) in [4.78, 5) is 29.9. The minimum Gasteiger partial charge on any atom is -0.465 e. The summed E-state index contributed by atoms with van der Waals surface area (Å²) in [5.74, 6) is -0.410. The van der Waals surface area contributed by atoms with Gasteiger partial charge in [-0.05, 0) is 67.6 Å². The third-order valence-corrected chi connectivity index (χ3v) is 9.13. The average Bonchev–Trinajstić information content (AvgIpc) is 3.14. The number of carbonyl (C=O) groups is 2. The smallest absolute Gasteiger partial charge is 0.326 e. The van der Waals surface area contributed by atoms with Crippen LogP contribution in [0.5, 0.6) is 0 Å². The zero-order valence-corrected chi connectivity index (χ0v) is 22.7. The number of nitrogens with zero attached hydrogens (tertiary/aromatic N) is 3. The summed E-state index contributed by atoms with van der Waals surface area (Å²) >= 11 is 7.35. The van der Waals surface area contributed by atoms with E-state index < -0.39 is 21.9 Å². The van der Waals surface area contributed by atoms with Crippen molar-refractivity contribution in [1.29, 1.82) is 0 Å². The maximum atomic E-state index is 13.1. The summed E-state index contributed by atoms with van der Waals surface area (Å²) in [7, 11) is -3.65. The maximum absolute atomic E-state index is 13.1. The van der Waals surface area contributed by atoms with Gasteiger partial charge in [0.05, 0.1) is 21.7 Å². The number of sulfonamides is 1. The van der Waals surface area contributed by atoms with Gasteiger partial charge in [-0.1, -0.05) is 36.8 Å². The van der Waals surface area contributed by atoms with E-state index in [1.165, 1.54) is 39.9 Å². The van der Waals surface area contributed by atoms with Gasteiger partial charge in [0, 0.05) is 23.7 Å². The van der Waals surface area contributed by atoms with Gasteiger partial charge in [0.25, 0.3) is 5.91 Å². The lowest BCUT2D eigenvalue weighted by Gasteiger charge is -2.34. The van der Waals surface area contributed by atoms with Crippen molar-refractivity contribution >= 4 is 55.1 Å². The number of piperidine rings is 1. The molecule has 0 N–H and O–H groups in total. The van der Waals surface area contributed by atoms with Crippen molar-refractivity contribution in [1.82, 2.24) is 8.87 Å². The third kappa shape index (κ3) is 5.72. The highest BCUT2D eigenvalue weighted by Crippen LogP contribution is 2.27. The van der Waals surface area contributed by atoms with Crippen molar-refractivity contribution in [3.63, 3.8) is 0 Å². The number of halogens is 1. The number of thiazole rings is 1. The number of amides is 1. The molecule has 1 amide bonds. The number of esters is 1. The Morgan fingerprint density at radius 2 is 1.78 bits per heavy atom. The van der Waals surface area contributed by atoms with Gasteiger partial charge in [-0.3, -0.25) is 9.59 Å². The SMILES string of the molecule is CCOC(=O)Cn1c(=NC(=O)c2ccc(S(=O)(=O)N3CC(C)CC(C)C3)cc2)sc2cc(Cl)ccc21. The fourth-order valence-electron chi connectivity index (χ4n) is 4.49. The topological polar surface area (TPSA) is 98.0 Å². The zero-order valence-electron chi connectivity index (χ0n) is 20.3. The quantitative estimate of drug-likeness (QED) is 0.426. The van der Waals surface area contributed by atoms with Crippen LogP contribution in [0, 0.1) is 11.8 Å². The van der Waals surface area contributed by atoms with Gasteiger partial charge < -0.3 is 9.30 Å². The average molecular weight is 550 g/mol. The second-order valence-electron chi connectivity index (χ2n) is 9.10. The van der Waals surface area contributed by atoms with E-state index in [-0.39, 0.29) is 23.6 Å².